The fraction of sp³-hybridized carbons (Fsp3) is 0. The van der Waals surface area contributed by atoms with Crippen LogP contribution < -0.4 is 0 Å². The summed E-state index contributed by atoms with van der Waals surface area (Å²) in [5.41, 5.74) is 2.22. The highest BCUT2D eigenvalue weighted by Crippen LogP contribution is 2.02. The molecule has 0 N–H and O–H groups in total. The van der Waals surface area contributed by atoms with Crippen LogP contribution in [0.1, 0.15) is 11.1 Å². The largest absolute Gasteiger partial charge is 0.290 e. The van der Waals surface area contributed by atoms with E-state index in [2.05, 4.69) is 0 Å². The Morgan fingerprint density at radius 3 is 1.41 bits per heavy atom. The van der Waals surface area contributed by atoms with Crippen LogP contribution in [0.25, 0.3) is 12.2 Å². The van der Waals surface area contributed by atoms with Crippen LogP contribution >= 0.6 is 0 Å². The lowest BCUT2D eigenvalue weighted by molar-refractivity contribution is -0.110. The smallest absolute Gasteiger partial charge is 0.178 e. The Hall–Kier alpha value is -2.93. The van der Waals surface area contributed by atoms with Crippen molar-refractivity contribution in [3.05, 3.63) is 108 Å². The third-order valence-electron chi connectivity index (χ3n) is 2.92. The summed E-state index contributed by atoms with van der Waals surface area (Å²) in [6.07, 6.45) is 14.2. The molecule has 0 heterocycles. The van der Waals surface area contributed by atoms with Crippen molar-refractivity contribution in [3.8, 4) is 0 Å². The summed E-state index contributed by atoms with van der Waals surface area (Å²) in [7, 11) is 0. The van der Waals surface area contributed by atoms with Crippen LogP contribution in [0.3, 0.4) is 0 Å². The van der Waals surface area contributed by atoms with E-state index in [-0.39, 0.29) is 5.78 Å². The Balaban J connectivity index is 1.80. The lowest BCUT2D eigenvalue weighted by Crippen LogP contribution is -1.82. The second kappa shape index (κ2) is 9.09. The standard InChI is InChI=1S/C21H18O/c22-21(17-9-7-15-19-11-3-1-4-12-19)18-10-8-16-20-13-5-2-6-14-20/h1-18H/b15-7-,16-8-,17-9-,18-10-. The fourth-order valence-electron chi connectivity index (χ4n) is 1.82. The van der Waals surface area contributed by atoms with E-state index in [1.165, 1.54) is 0 Å². The van der Waals surface area contributed by atoms with Gasteiger partial charge in [0.05, 0.1) is 0 Å². The average Bonchev–Trinajstić information content (AvgIpc) is 2.57. The van der Waals surface area contributed by atoms with E-state index in [1.807, 2.05) is 85.0 Å². The number of rotatable bonds is 6. The SMILES string of the molecule is O=C(/C=C\C=C/c1ccccc1)/C=C\C=C/c1ccccc1. The molecule has 0 aromatic heterocycles. The topological polar surface area (TPSA) is 17.1 Å². The molecular formula is C21H18O. The van der Waals surface area contributed by atoms with Gasteiger partial charge in [-0.2, -0.15) is 0 Å². The van der Waals surface area contributed by atoms with Gasteiger partial charge in [0.2, 0.25) is 0 Å². The van der Waals surface area contributed by atoms with Crippen LogP contribution in [-0.4, -0.2) is 5.78 Å². The first-order valence-corrected chi connectivity index (χ1v) is 7.18. The van der Waals surface area contributed by atoms with Gasteiger partial charge in [0, 0.05) is 0 Å². The van der Waals surface area contributed by atoms with Crippen molar-refractivity contribution in [1.29, 1.82) is 0 Å². The summed E-state index contributed by atoms with van der Waals surface area (Å²) < 4.78 is 0. The monoisotopic (exact) mass is 286 g/mol. The lowest BCUT2D eigenvalue weighted by atomic mass is 10.2. The van der Waals surface area contributed by atoms with Crippen LogP contribution in [0.5, 0.6) is 0 Å². The maximum Gasteiger partial charge on any atom is 0.178 e. The Bertz CT molecular complexity index is 628. The fourth-order valence-corrected chi connectivity index (χ4v) is 1.82. The van der Waals surface area contributed by atoms with Crippen LogP contribution in [0.15, 0.2) is 97.1 Å². The molecule has 0 amide bonds. The predicted octanol–water partition coefficient (Wildman–Crippen LogP) is 5.09. The van der Waals surface area contributed by atoms with Crippen molar-refractivity contribution in [1.82, 2.24) is 0 Å². The number of carbonyl (C=O) groups is 1. The van der Waals surface area contributed by atoms with Gasteiger partial charge in [-0.15, -0.1) is 0 Å². The summed E-state index contributed by atoms with van der Waals surface area (Å²) in [6, 6.07) is 19.9. The lowest BCUT2D eigenvalue weighted by Gasteiger charge is -1.88. The minimum Gasteiger partial charge on any atom is -0.290 e. The van der Waals surface area contributed by atoms with E-state index >= 15 is 0 Å². The number of allylic oxidation sites excluding steroid dienone is 6. The van der Waals surface area contributed by atoms with Gasteiger partial charge in [-0.25, -0.2) is 0 Å². The van der Waals surface area contributed by atoms with Gasteiger partial charge < -0.3 is 0 Å². The number of hydrogen-bond donors (Lipinski definition) is 0. The zero-order valence-corrected chi connectivity index (χ0v) is 12.3. The van der Waals surface area contributed by atoms with E-state index < -0.39 is 0 Å². The predicted molar refractivity (Wildman–Crippen MR) is 94.2 cm³/mol. The van der Waals surface area contributed by atoms with Crippen LogP contribution in [-0.2, 0) is 4.79 Å². The van der Waals surface area contributed by atoms with Gasteiger partial charge in [-0.1, -0.05) is 97.1 Å². The molecule has 1 nitrogen and oxygen atoms in total. The van der Waals surface area contributed by atoms with Gasteiger partial charge in [-0.05, 0) is 23.3 Å². The molecule has 0 aliphatic carbocycles. The number of ketones is 1. The molecule has 0 aliphatic rings. The first-order chi connectivity index (χ1) is 10.8. The van der Waals surface area contributed by atoms with Crippen LogP contribution in [0.2, 0.25) is 0 Å². The highest BCUT2D eigenvalue weighted by Gasteiger charge is 1.86. The van der Waals surface area contributed by atoms with Crippen molar-refractivity contribution in [2.75, 3.05) is 0 Å². The van der Waals surface area contributed by atoms with Gasteiger partial charge in [0.1, 0.15) is 0 Å². The van der Waals surface area contributed by atoms with Gasteiger partial charge in [0.15, 0.2) is 5.78 Å². The van der Waals surface area contributed by atoms with E-state index in [1.54, 1.807) is 24.3 Å². The van der Waals surface area contributed by atoms with Gasteiger partial charge in [-0.3, -0.25) is 4.79 Å². The highest BCUT2D eigenvalue weighted by atomic mass is 16.1. The molecule has 108 valence electrons. The van der Waals surface area contributed by atoms with E-state index in [0.717, 1.165) is 11.1 Å². The number of benzene rings is 2. The average molecular weight is 286 g/mol. The molecule has 0 saturated carbocycles. The van der Waals surface area contributed by atoms with Crippen LogP contribution in [0, 0.1) is 0 Å². The molecular weight excluding hydrogens is 268 g/mol. The summed E-state index contributed by atoms with van der Waals surface area (Å²) in [5, 5.41) is 0. The minimum absolute atomic E-state index is 0.0320. The molecule has 0 aliphatic heterocycles. The molecule has 2 aromatic rings. The molecule has 0 bridgehead atoms. The summed E-state index contributed by atoms with van der Waals surface area (Å²) in [5.74, 6) is -0.0320. The van der Waals surface area contributed by atoms with Crippen molar-refractivity contribution in [2.45, 2.75) is 0 Å². The maximum absolute atomic E-state index is 11.6. The molecule has 0 saturated heterocycles. The first kappa shape index (κ1) is 15.5. The van der Waals surface area contributed by atoms with E-state index in [9.17, 15) is 4.79 Å². The van der Waals surface area contributed by atoms with E-state index in [0.29, 0.717) is 0 Å². The quantitative estimate of drug-likeness (QED) is 0.533. The maximum atomic E-state index is 11.6. The zero-order chi connectivity index (χ0) is 15.5. The molecule has 1 heteroatoms. The molecule has 0 fully saturated rings. The minimum atomic E-state index is -0.0320. The second-order valence-corrected chi connectivity index (χ2v) is 4.66. The van der Waals surface area contributed by atoms with Crippen molar-refractivity contribution in [3.63, 3.8) is 0 Å². The molecule has 0 atom stereocenters. The van der Waals surface area contributed by atoms with Gasteiger partial charge in [0.25, 0.3) is 0 Å². The number of carbonyl (C=O) groups excluding carboxylic acids is 1. The normalized spacial score (nSPS) is 12.0. The van der Waals surface area contributed by atoms with E-state index in [4.69, 9.17) is 0 Å². The molecule has 2 rings (SSSR count). The molecule has 22 heavy (non-hydrogen) atoms. The summed E-state index contributed by atoms with van der Waals surface area (Å²) >= 11 is 0. The Labute approximate surface area is 131 Å². The Morgan fingerprint density at radius 2 is 1.00 bits per heavy atom. The summed E-state index contributed by atoms with van der Waals surface area (Å²) in [6.45, 7) is 0. The van der Waals surface area contributed by atoms with Gasteiger partial charge >= 0.3 is 0 Å². The van der Waals surface area contributed by atoms with Crippen molar-refractivity contribution < 1.29 is 4.79 Å². The zero-order valence-electron chi connectivity index (χ0n) is 12.3. The Kier molecular flexibility index (Phi) is 6.39. The third-order valence-corrected chi connectivity index (χ3v) is 2.92. The summed E-state index contributed by atoms with van der Waals surface area (Å²) in [4.78, 5) is 11.6. The first-order valence-electron chi connectivity index (χ1n) is 7.18. The molecule has 0 radical (unpaired) electrons. The second-order valence-electron chi connectivity index (χ2n) is 4.66. The molecule has 0 spiro atoms. The molecule has 0 unspecified atom stereocenters. The van der Waals surface area contributed by atoms with Crippen molar-refractivity contribution >= 4 is 17.9 Å². The molecule has 2 aromatic carbocycles. The van der Waals surface area contributed by atoms with Crippen molar-refractivity contribution in [2.24, 2.45) is 0 Å². The van der Waals surface area contributed by atoms with Crippen LogP contribution in [0.4, 0.5) is 0 Å². The Morgan fingerprint density at radius 1 is 0.591 bits per heavy atom. The third kappa shape index (κ3) is 6.02. The highest BCUT2D eigenvalue weighted by molar-refractivity contribution is 5.99. The number of hydrogen-bond acceptors (Lipinski definition) is 1.